The molecule has 0 aliphatic rings. The van der Waals surface area contributed by atoms with Crippen molar-refractivity contribution in [2.45, 2.75) is 20.3 Å². The zero-order chi connectivity index (χ0) is 11.5. The van der Waals surface area contributed by atoms with Gasteiger partial charge in [-0.3, -0.25) is 9.98 Å². The van der Waals surface area contributed by atoms with Gasteiger partial charge in [0.1, 0.15) is 0 Å². The maximum absolute atomic E-state index is 4.24. The van der Waals surface area contributed by atoms with Gasteiger partial charge in [-0.15, -0.1) is 0 Å². The highest BCUT2D eigenvalue weighted by Crippen LogP contribution is 1.91. The van der Waals surface area contributed by atoms with Crippen molar-refractivity contribution < 1.29 is 0 Å². The Hall–Kier alpha value is -1.70. The third-order valence-corrected chi connectivity index (χ3v) is 1.61. The highest BCUT2D eigenvalue weighted by molar-refractivity contribution is 6.45. The van der Waals surface area contributed by atoms with E-state index >= 15 is 0 Å². The summed E-state index contributed by atoms with van der Waals surface area (Å²) >= 11 is 0. The van der Waals surface area contributed by atoms with Gasteiger partial charge in [-0.05, 0) is 25.5 Å². The molecule has 0 rings (SSSR count). The van der Waals surface area contributed by atoms with Crippen LogP contribution >= 0.6 is 0 Å². The summed E-state index contributed by atoms with van der Waals surface area (Å²) in [6, 6.07) is 0. The fourth-order valence-electron chi connectivity index (χ4n) is 0.814. The number of rotatable bonds is 6. The van der Waals surface area contributed by atoms with Gasteiger partial charge in [0.2, 0.25) is 0 Å². The SMILES string of the molecule is C=C\C=C/N=C(C)/C(C=C)=N/C=C\CC. The predicted octanol–water partition coefficient (Wildman–Crippen LogP) is 3.70. The zero-order valence-corrected chi connectivity index (χ0v) is 9.48. The largest absolute Gasteiger partial charge is 0.259 e. The fourth-order valence-corrected chi connectivity index (χ4v) is 0.814. The molecule has 0 aromatic heterocycles. The molecule has 0 radical (unpaired) electrons. The van der Waals surface area contributed by atoms with Crippen molar-refractivity contribution in [3.8, 4) is 0 Å². The van der Waals surface area contributed by atoms with E-state index in [2.05, 4.69) is 30.1 Å². The number of hydrogen-bond donors (Lipinski definition) is 0. The maximum atomic E-state index is 4.24. The minimum absolute atomic E-state index is 0.786. The average molecular weight is 202 g/mol. The minimum atomic E-state index is 0.786. The summed E-state index contributed by atoms with van der Waals surface area (Å²) < 4.78 is 0. The van der Waals surface area contributed by atoms with Gasteiger partial charge in [0, 0.05) is 12.4 Å². The van der Waals surface area contributed by atoms with Gasteiger partial charge in [-0.1, -0.05) is 32.2 Å². The lowest BCUT2D eigenvalue weighted by molar-refractivity contribution is 1.21. The molecular formula is C13H18N2. The number of hydrogen-bond acceptors (Lipinski definition) is 2. The van der Waals surface area contributed by atoms with Crippen molar-refractivity contribution in [2.24, 2.45) is 9.98 Å². The number of aliphatic imine (C=N–C) groups is 2. The monoisotopic (exact) mass is 202 g/mol. The van der Waals surface area contributed by atoms with E-state index in [9.17, 15) is 0 Å². The molecule has 0 spiro atoms. The van der Waals surface area contributed by atoms with Crippen molar-refractivity contribution >= 4 is 11.4 Å². The lowest BCUT2D eigenvalue weighted by atomic mass is 10.2. The predicted molar refractivity (Wildman–Crippen MR) is 69.5 cm³/mol. The molecule has 15 heavy (non-hydrogen) atoms. The van der Waals surface area contributed by atoms with E-state index in [1.807, 2.05) is 13.0 Å². The van der Waals surface area contributed by atoms with Gasteiger partial charge in [-0.2, -0.15) is 0 Å². The minimum Gasteiger partial charge on any atom is -0.259 e. The van der Waals surface area contributed by atoms with Gasteiger partial charge in [0.15, 0.2) is 0 Å². The van der Waals surface area contributed by atoms with Gasteiger partial charge in [-0.25, -0.2) is 0 Å². The molecule has 0 N–H and O–H groups in total. The second-order valence-corrected chi connectivity index (χ2v) is 2.80. The Morgan fingerprint density at radius 2 is 1.93 bits per heavy atom. The molecule has 0 saturated heterocycles. The molecule has 0 saturated carbocycles. The Morgan fingerprint density at radius 1 is 1.20 bits per heavy atom. The zero-order valence-electron chi connectivity index (χ0n) is 9.48. The lowest BCUT2D eigenvalue weighted by Crippen LogP contribution is -2.05. The Labute approximate surface area is 92.2 Å². The molecule has 0 aliphatic carbocycles. The van der Waals surface area contributed by atoms with E-state index in [1.54, 1.807) is 30.6 Å². The Balaban J connectivity index is 4.66. The highest BCUT2D eigenvalue weighted by atomic mass is 14.8. The van der Waals surface area contributed by atoms with Gasteiger partial charge < -0.3 is 0 Å². The molecular weight excluding hydrogens is 184 g/mol. The van der Waals surface area contributed by atoms with E-state index in [-0.39, 0.29) is 0 Å². The molecule has 0 amide bonds. The Morgan fingerprint density at radius 3 is 2.47 bits per heavy atom. The molecule has 2 heteroatoms. The molecule has 0 aliphatic heterocycles. The normalized spacial score (nSPS) is 13.7. The lowest BCUT2D eigenvalue weighted by Gasteiger charge is -1.96. The first-order valence-electron chi connectivity index (χ1n) is 4.93. The van der Waals surface area contributed by atoms with Crippen molar-refractivity contribution in [2.75, 3.05) is 0 Å². The third-order valence-electron chi connectivity index (χ3n) is 1.61. The first kappa shape index (κ1) is 13.3. The third kappa shape index (κ3) is 6.38. The molecule has 0 atom stereocenters. The topological polar surface area (TPSA) is 24.7 Å². The van der Waals surface area contributed by atoms with Gasteiger partial charge in [0.25, 0.3) is 0 Å². The first-order valence-corrected chi connectivity index (χ1v) is 4.93. The second-order valence-electron chi connectivity index (χ2n) is 2.80. The quantitative estimate of drug-likeness (QED) is 0.463. The van der Waals surface area contributed by atoms with Crippen LogP contribution in [0.3, 0.4) is 0 Å². The van der Waals surface area contributed by atoms with Crippen LogP contribution in [-0.2, 0) is 0 Å². The van der Waals surface area contributed by atoms with Crippen LogP contribution in [0.5, 0.6) is 0 Å². The molecule has 0 heterocycles. The van der Waals surface area contributed by atoms with Gasteiger partial charge in [0.05, 0.1) is 11.4 Å². The van der Waals surface area contributed by atoms with Crippen LogP contribution < -0.4 is 0 Å². The van der Waals surface area contributed by atoms with Crippen LogP contribution in [-0.4, -0.2) is 11.4 Å². The highest BCUT2D eigenvalue weighted by Gasteiger charge is 1.95. The molecule has 0 bridgehead atoms. The van der Waals surface area contributed by atoms with Crippen molar-refractivity contribution in [3.63, 3.8) is 0 Å². The molecule has 0 aromatic carbocycles. The first-order chi connectivity index (χ1) is 7.26. The average Bonchev–Trinajstić information content (AvgIpc) is 2.24. The summed E-state index contributed by atoms with van der Waals surface area (Å²) in [6.45, 7) is 11.2. The summed E-state index contributed by atoms with van der Waals surface area (Å²) in [5.41, 5.74) is 1.62. The summed E-state index contributed by atoms with van der Waals surface area (Å²) in [5.74, 6) is 0. The molecule has 0 fully saturated rings. The number of nitrogens with zero attached hydrogens (tertiary/aromatic N) is 2. The summed E-state index contributed by atoms with van der Waals surface area (Å²) in [4.78, 5) is 8.43. The van der Waals surface area contributed by atoms with Crippen LogP contribution in [0.15, 0.2) is 59.8 Å². The van der Waals surface area contributed by atoms with Crippen LogP contribution in [0, 0.1) is 0 Å². The summed E-state index contributed by atoms with van der Waals surface area (Å²) in [6.07, 6.45) is 11.6. The van der Waals surface area contributed by atoms with E-state index in [0.29, 0.717) is 0 Å². The molecule has 2 nitrogen and oxygen atoms in total. The van der Waals surface area contributed by atoms with Crippen LogP contribution in [0.2, 0.25) is 0 Å². The van der Waals surface area contributed by atoms with Crippen LogP contribution in [0.1, 0.15) is 20.3 Å². The van der Waals surface area contributed by atoms with E-state index in [0.717, 1.165) is 17.8 Å². The molecule has 80 valence electrons. The Bertz CT molecular complexity index is 317. The Kier molecular flexibility index (Phi) is 7.87. The fraction of sp³-hybridized carbons (Fsp3) is 0.231. The van der Waals surface area contributed by atoms with E-state index in [4.69, 9.17) is 0 Å². The summed E-state index contributed by atoms with van der Waals surface area (Å²) in [5, 5.41) is 0. The summed E-state index contributed by atoms with van der Waals surface area (Å²) in [7, 11) is 0. The maximum Gasteiger partial charge on any atom is 0.0835 e. The number of allylic oxidation sites excluding steroid dienone is 4. The van der Waals surface area contributed by atoms with Crippen molar-refractivity contribution in [1.82, 2.24) is 0 Å². The molecule has 0 unspecified atom stereocenters. The van der Waals surface area contributed by atoms with E-state index in [1.165, 1.54) is 0 Å². The standard InChI is InChI=1S/C13H18N2/c1-5-8-10-14-12(4)13(7-3)15-11-9-6-2/h5,7-11H,1,3,6H2,2,4H3/b10-8-,11-9-,14-12+,15-13+. The smallest absolute Gasteiger partial charge is 0.0835 e. The van der Waals surface area contributed by atoms with Crippen LogP contribution in [0.4, 0.5) is 0 Å². The van der Waals surface area contributed by atoms with Crippen molar-refractivity contribution in [1.29, 1.82) is 0 Å². The van der Waals surface area contributed by atoms with Crippen molar-refractivity contribution in [3.05, 3.63) is 49.9 Å². The second kappa shape index (κ2) is 8.88. The van der Waals surface area contributed by atoms with Crippen LogP contribution in [0.25, 0.3) is 0 Å². The van der Waals surface area contributed by atoms with Gasteiger partial charge >= 0.3 is 0 Å². The molecule has 0 aromatic rings. The van der Waals surface area contributed by atoms with E-state index < -0.39 is 0 Å².